The van der Waals surface area contributed by atoms with Crippen LogP contribution in [0, 0.1) is 5.41 Å². The summed E-state index contributed by atoms with van der Waals surface area (Å²) < 4.78 is 0. The lowest BCUT2D eigenvalue weighted by Gasteiger charge is -2.17. The second kappa shape index (κ2) is 6.74. The molecule has 3 nitrogen and oxygen atoms in total. The van der Waals surface area contributed by atoms with Crippen LogP contribution in [0.4, 0.5) is 5.82 Å². The van der Waals surface area contributed by atoms with Gasteiger partial charge in [0.2, 0.25) is 5.91 Å². The lowest BCUT2D eigenvalue weighted by Crippen LogP contribution is -2.27. The SMILES string of the molecule is CC(C)(C)C(=O)Nc1ccc(CCCCCl)cn1. The number of carbonyl (C=O) groups excluding carboxylic acids is 1. The van der Waals surface area contributed by atoms with E-state index < -0.39 is 5.41 Å². The maximum Gasteiger partial charge on any atom is 0.230 e. The van der Waals surface area contributed by atoms with Crippen molar-refractivity contribution < 1.29 is 4.79 Å². The van der Waals surface area contributed by atoms with E-state index in [-0.39, 0.29) is 5.91 Å². The minimum absolute atomic E-state index is 0.0232. The highest BCUT2D eigenvalue weighted by Gasteiger charge is 2.21. The summed E-state index contributed by atoms with van der Waals surface area (Å²) in [4.78, 5) is 16.0. The van der Waals surface area contributed by atoms with Gasteiger partial charge < -0.3 is 5.32 Å². The van der Waals surface area contributed by atoms with Crippen molar-refractivity contribution in [2.75, 3.05) is 11.2 Å². The molecule has 0 aliphatic heterocycles. The molecule has 1 heterocycles. The normalized spacial score (nSPS) is 11.3. The fourth-order valence-electron chi connectivity index (χ4n) is 1.37. The van der Waals surface area contributed by atoms with Crippen molar-refractivity contribution in [3.63, 3.8) is 0 Å². The van der Waals surface area contributed by atoms with E-state index in [1.165, 1.54) is 5.56 Å². The molecule has 1 amide bonds. The smallest absolute Gasteiger partial charge is 0.230 e. The van der Waals surface area contributed by atoms with Crippen molar-refractivity contribution in [3.05, 3.63) is 23.9 Å². The standard InChI is InChI=1S/C14H21ClN2O/c1-14(2,3)13(18)17-12-8-7-11(10-16-12)6-4-5-9-15/h7-8,10H,4-6,9H2,1-3H3,(H,16,17,18). The van der Waals surface area contributed by atoms with Crippen molar-refractivity contribution >= 4 is 23.3 Å². The Labute approximate surface area is 114 Å². The monoisotopic (exact) mass is 268 g/mol. The Morgan fingerprint density at radius 2 is 2.06 bits per heavy atom. The largest absolute Gasteiger partial charge is 0.310 e. The highest BCUT2D eigenvalue weighted by Crippen LogP contribution is 2.16. The number of hydrogen-bond donors (Lipinski definition) is 1. The van der Waals surface area contributed by atoms with Gasteiger partial charge >= 0.3 is 0 Å². The van der Waals surface area contributed by atoms with Crippen molar-refractivity contribution in [2.24, 2.45) is 5.41 Å². The van der Waals surface area contributed by atoms with Crippen LogP contribution in [0.5, 0.6) is 0 Å². The second-order valence-corrected chi connectivity index (χ2v) is 5.78. The van der Waals surface area contributed by atoms with Crippen molar-refractivity contribution in [3.8, 4) is 0 Å². The van der Waals surface area contributed by atoms with Gasteiger partial charge in [-0.2, -0.15) is 0 Å². The average Bonchev–Trinajstić information content (AvgIpc) is 2.30. The van der Waals surface area contributed by atoms with E-state index in [1.54, 1.807) is 0 Å². The van der Waals surface area contributed by atoms with Crippen LogP contribution in [0.1, 0.15) is 39.2 Å². The molecule has 0 radical (unpaired) electrons. The Balaban J connectivity index is 2.53. The van der Waals surface area contributed by atoms with Crippen LogP contribution in [-0.4, -0.2) is 16.8 Å². The second-order valence-electron chi connectivity index (χ2n) is 5.40. The number of anilines is 1. The number of hydrogen-bond acceptors (Lipinski definition) is 2. The summed E-state index contributed by atoms with van der Waals surface area (Å²) in [5.74, 6) is 1.29. The van der Waals surface area contributed by atoms with E-state index in [4.69, 9.17) is 11.6 Å². The minimum atomic E-state index is -0.402. The number of aromatic nitrogens is 1. The molecule has 0 fully saturated rings. The molecule has 0 saturated heterocycles. The van der Waals surface area contributed by atoms with Crippen molar-refractivity contribution in [2.45, 2.75) is 40.0 Å². The maximum absolute atomic E-state index is 11.8. The Hall–Kier alpha value is -1.09. The molecule has 100 valence electrons. The molecule has 1 aromatic heterocycles. The predicted molar refractivity (Wildman–Crippen MR) is 76.0 cm³/mol. The molecule has 1 N–H and O–H groups in total. The Morgan fingerprint density at radius 3 is 2.56 bits per heavy atom. The number of aryl methyl sites for hydroxylation is 1. The van der Waals surface area contributed by atoms with E-state index in [2.05, 4.69) is 10.3 Å². The number of amides is 1. The van der Waals surface area contributed by atoms with E-state index in [1.807, 2.05) is 39.1 Å². The van der Waals surface area contributed by atoms with Crippen molar-refractivity contribution in [1.82, 2.24) is 4.98 Å². The van der Waals surface area contributed by atoms with Gasteiger partial charge in [0.1, 0.15) is 5.82 Å². The fourth-order valence-corrected chi connectivity index (χ4v) is 1.56. The molecule has 0 saturated carbocycles. The molecule has 0 aromatic carbocycles. The van der Waals surface area contributed by atoms with E-state index in [0.29, 0.717) is 11.7 Å². The third kappa shape index (κ3) is 5.05. The first-order valence-electron chi connectivity index (χ1n) is 6.26. The van der Waals surface area contributed by atoms with Gasteiger partial charge in [-0.15, -0.1) is 11.6 Å². The molecular formula is C14H21ClN2O. The summed E-state index contributed by atoms with van der Waals surface area (Å²) in [6.45, 7) is 5.63. The fraction of sp³-hybridized carbons (Fsp3) is 0.571. The predicted octanol–water partition coefficient (Wildman–Crippen LogP) is 3.63. The number of unbranched alkanes of at least 4 members (excludes halogenated alkanes) is 1. The number of halogens is 1. The summed E-state index contributed by atoms with van der Waals surface area (Å²) in [5.41, 5.74) is 0.773. The van der Waals surface area contributed by atoms with Crippen LogP contribution in [-0.2, 0) is 11.2 Å². The highest BCUT2D eigenvalue weighted by atomic mass is 35.5. The molecule has 0 aliphatic carbocycles. The zero-order valence-electron chi connectivity index (χ0n) is 11.3. The molecule has 0 atom stereocenters. The third-order valence-electron chi connectivity index (χ3n) is 2.60. The van der Waals surface area contributed by atoms with Crippen LogP contribution < -0.4 is 5.32 Å². The summed E-state index contributed by atoms with van der Waals surface area (Å²) in [6, 6.07) is 3.85. The van der Waals surface area contributed by atoms with E-state index in [9.17, 15) is 4.79 Å². The number of nitrogens with zero attached hydrogens (tertiary/aromatic N) is 1. The Kier molecular flexibility index (Phi) is 5.60. The number of nitrogens with one attached hydrogen (secondary N) is 1. The lowest BCUT2D eigenvalue weighted by atomic mass is 9.96. The number of carbonyl (C=O) groups is 1. The first-order chi connectivity index (χ1) is 8.43. The summed E-state index contributed by atoms with van der Waals surface area (Å²) in [7, 11) is 0. The highest BCUT2D eigenvalue weighted by molar-refractivity contribution is 6.17. The van der Waals surface area contributed by atoms with Crippen molar-refractivity contribution in [1.29, 1.82) is 0 Å². The average molecular weight is 269 g/mol. The molecule has 1 rings (SSSR count). The summed E-state index contributed by atoms with van der Waals surface area (Å²) in [6.07, 6.45) is 4.88. The molecule has 0 bridgehead atoms. The van der Waals surface area contributed by atoms with Gasteiger partial charge in [0, 0.05) is 17.5 Å². The first-order valence-corrected chi connectivity index (χ1v) is 6.79. The number of rotatable bonds is 5. The van der Waals surface area contributed by atoms with Crippen LogP contribution >= 0.6 is 11.6 Å². The van der Waals surface area contributed by atoms with Crippen LogP contribution in [0.3, 0.4) is 0 Å². The Bertz CT molecular complexity index is 382. The van der Waals surface area contributed by atoms with Crippen LogP contribution in [0.15, 0.2) is 18.3 Å². The first kappa shape index (κ1) is 15.0. The topological polar surface area (TPSA) is 42.0 Å². The summed E-state index contributed by atoms with van der Waals surface area (Å²) in [5, 5.41) is 2.81. The zero-order valence-corrected chi connectivity index (χ0v) is 12.0. The molecular weight excluding hydrogens is 248 g/mol. The van der Waals surface area contributed by atoms with Gasteiger partial charge in [-0.25, -0.2) is 4.98 Å². The van der Waals surface area contributed by atoms with E-state index >= 15 is 0 Å². The molecule has 0 aliphatic rings. The van der Waals surface area contributed by atoms with E-state index in [0.717, 1.165) is 19.3 Å². The van der Waals surface area contributed by atoms with Gasteiger partial charge in [-0.05, 0) is 30.9 Å². The molecule has 0 spiro atoms. The van der Waals surface area contributed by atoms with Gasteiger partial charge in [0.15, 0.2) is 0 Å². The Morgan fingerprint density at radius 1 is 1.33 bits per heavy atom. The van der Waals surface area contributed by atoms with Gasteiger partial charge in [-0.1, -0.05) is 26.8 Å². The summed E-state index contributed by atoms with van der Waals surface area (Å²) >= 11 is 5.63. The zero-order chi connectivity index (χ0) is 13.6. The van der Waals surface area contributed by atoms with Crippen LogP contribution in [0.2, 0.25) is 0 Å². The molecule has 4 heteroatoms. The molecule has 18 heavy (non-hydrogen) atoms. The quantitative estimate of drug-likeness (QED) is 0.655. The third-order valence-corrected chi connectivity index (χ3v) is 2.86. The maximum atomic E-state index is 11.8. The molecule has 1 aromatic rings. The van der Waals surface area contributed by atoms with Crippen LogP contribution in [0.25, 0.3) is 0 Å². The lowest BCUT2D eigenvalue weighted by molar-refractivity contribution is -0.123. The number of pyridine rings is 1. The minimum Gasteiger partial charge on any atom is -0.310 e. The van der Waals surface area contributed by atoms with Gasteiger partial charge in [0.25, 0.3) is 0 Å². The number of alkyl halides is 1. The van der Waals surface area contributed by atoms with Gasteiger partial charge in [-0.3, -0.25) is 4.79 Å². The molecule has 0 unspecified atom stereocenters. The van der Waals surface area contributed by atoms with Gasteiger partial charge in [0.05, 0.1) is 0 Å².